The van der Waals surface area contributed by atoms with Gasteiger partial charge in [0.1, 0.15) is 17.8 Å². The third-order valence-corrected chi connectivity index (χ3v) is 16.7. The second-order valence-electron chi connectivity index (χ2n) is 15.4. The van der Waals surface area contributed by atoms with Crippen molar-refractivity contribution in [1.29, 1.82) is 0 Å². The molecule has 0 aromatic heterocycles. The Morgan fingerprint density at radius 3 is 2.43 bits per heavy atom. The van der Waals surface area contributed by atoms with E-state index in [2.05, 4.69) is 48.8 Å². The number of hydrogen-bond acceptors (Lipinski definition) is 14. The highest BCUT2D eigenvalue weighted by molar-refractivity contribution is 8.00. The predicted molar refractivity (Wildman–Crippen MR) is 190 cm³/mol. The number of amides is 1. The largest absolute Gasteiger partial charge is 0.375 e. The second kappa shape index (κ2) is 16.6. The lowest BCUT2D eigenvalue weighted by Crippen LogP contribution is -2.75. The normalized spacial score (nSPS) is 40.9. The van der Waals surface area contributed by atoms with Gasteiger partial charge in [-0.15, -0.1) is 11.8 Å². The number of ether oxygens (including phenoxy) is 1. The van der Waals surface area contributed by atoms with Crippen LogP contribution in [0.25, 0.3) is 0 Å². The van der Waals surface area contributed by atoms with Gasteiger partial charge in [0.15, 0.2) is 16.0 Å². The van der Waals surface area contributed by atoms with E-state index >= 15 is 8.78 Å². The number of methoxy groups -OCH3 is 1. The number of hydrogen-bond donors (Lipinski definition) is 6. The monoisotopic (exact) mass is 765 g/mol. The summed E-state index contributed by atoms with van der Waals surface area (Å²) < 4.78 is 64.5. The third kappa shape index (κ3) is 8.67. The molecule has 6 N–H and O–H groups in total. The van der Waals surface area contributed by atoms with Crippen molar-refractivity contribution in [3.8, 4) is 0 Å². The van der Waals surface area contributed by atoms with Gasteiger partial charge in [-0.3, -0.25) is 46.1 Å². The topological polar surface area (TPSA) is 182 Å². The fraction of sp³-hybridized carbons (Fsp3) is 0.969. The second-order valence-corrected chi connectivity index (χ2v) is 19.3. The van der Waals surface area contributed by atoms with Crippen molar-refractivity contribution in [2.24, 2.45) is 5.92 Å². The minimum absolute atomic E-state index is 0.0109. The molecule has 0 aromatic carbocycles. The summed E-state index contributed by atoms with van der Waals surface area (Å²) in [5.74, 6) is -0.951. The van der Waals surface area contributed by atoms with E-state index in [0.717, 1.165) is 39.1 Å². The van der Waals surface area contributed by atoms with Crippen LogP contribution in [0.2, 0.25) is 0 Å². The Balaban J connectivity index is 1.10. The minimum atomic E-state index is -3.91. The number of nitro groups is 1. The number of piperazine rings is 1. The molecule has 292 valence electrons. The first-order valence-corrected chi connectivity index (χ1v) is 21.1. The van der Waals surface area contributed by atoms with E-state index in [0.29, 0.717) is 25.8 Å². The van der Waals surface area contributed by atoms with Crippen molar-refractivity contribution in [2.75, 3.05) is 46.4 Å². The number of carbonyl (C=O) groups excluding carboxylic acids is 1. The molecular formula is C32H57F2N9O6S2. The molecule has 12 atom stereocenters. The Morgan fingerprint density at radius 1 is 1.08 bits per heavy atom. The molecule has 1 amide bonds. The first kappa shape index (κ1) is 39.4. The molecule has 12 unspecified atom stereocenters. The maximum Gasteiger partial charge on any atom is 0.244 e. The number of nitrogens with zero attached hydrogens (tertiary/aromatic N) is 3. The van der Waals surface area contributed by atoms with Crippen molar-refractivity contribution in [3.05, 3.63) is 10.1 Å². The summed E-state index contributed by atoms with van der Waals surface area (Å²) in [4.78, 5) is 26.9. The van der Waals surface area contributed by atoms with Crippen LogP contribution in [-0.4, -0.2) is 145 Å². The number of hydrazine groups is 1. The summed E-state index contributed by atoms with van der Waals surface area (Å²) in [7, 11) is -2.22. The zero-order valence-electron chi connectivity index (χ0n) is 29.9. The fourth-order valence-electron chi connectivity index (χ4n) is 9.13. The Kier molecular flexibility index (Phi) is 12.8. The van der Waals surface area contributed by atoms with Crippen molar-refractivity contribution >= 4 is 27.5 Å². The van der Waals surface area contributed by atoms with Crippen LogP contribution in [0.1, 0.15) is 71.6 Å². The van der Waals surface area contributed by atoms with Gasteiger partial charge in [0.25, 0.3) is 0 Å². The summed E-state index contributed by atoms with van der Waals surface area (Å²) >= 11 is 1.44. The molecule has 6 aliphatic rings. The highest BCUT2D eigenvalue weighted by Crippen LogP contribution is 2.57. The van der Waals surface area contributed by atoms with Crippen LogP contribution in [0.5, 0.6) is 0 Å². The summed E-state index contributed by atoms with van der Waals surface area (Å²) in [6.45, 7) is 8.19. The molecule has 51 heavy (non-hydrogen) atoms. The first-order chi connectivity index (χ1) is 24.3. The summed E-state index contributed by atoms with van der Waals surface area (Å²) in [6.07, 6.45) is -1.20. The number of halogens is 2. The Morgan fingerprint density at radius 2 is 1.82 bits per heavy atom. The molecule has 3 heterocycles. The van der Waals surface area contributed by atoms with Crippen LogP contribution < -0.4 is 32.1 Å². The average Bonchev–Trinajstić information content (AvgIpc) is 3.81. The minimum Gasteiger partial charge on any atom is -0.375 e. The van der Waals surface area contributed by atoms with Gasteiger partial charge in [-0.2, -0.15) is 0 Å². The van der Waals surface area contributed by atoms with Gasteiger partial charge in [-0.05, 0) is 58.3 Å². The maximum atomic E-state index is 16.1. The lowest BCUT2D eigenvalue weighted by atomic mass is 9.81. The first-order valence-electron chi connectivity index (χ1n) is 18.7. The lowest BCUT2D eigenvalue weighted by molar-refractivity contribution is -0.536. The highest BCUT2D eigenvalue weighted by Gasteiger charge is 2.66. The molecule has 15 nitrogen and oxygen atoms in total. The zero-order chi connectivity index (χ0) is 36.5. The van der Waals surface area contributed by atoms with Crippen molar-refractivity contribution in [2.45, 2.75) is 141 Å². The van der Waals surface area contributed by atoms with E-state index in [1.165, 1.54) is 18.7 Å². The molecule has 6 fully saturated rings. The Bertz CT molecular complexity index is 1330. The van der Waals surface area contributed by atoms with Crippen LogP contribution in [-0.2, 0) is 19.4 Å². The van der Waals surface area contributed by atoms with Gasteiger partial charge in [-0.25, -0.2) is 22.6 Å². The molecule has 0 spiro atoms. The molecule has 0 bridgehead atoms. The average molecular weight is 766 g/mol. The molecule has 19 heteroatoms. The molecule has 3 saturated carbocycles. The molecule has 0 radical (unpaired) electrons. The standard InChI is InChI=1S/C32H57F2N9O6S2/c1-19-17-26(40-39-19)36-29-28(49-3)30(42-15-13-41(14-16-42)12-11-35-20(2)44)38-31(37-29)50-25-8-7-21(18-23(25)33)51(47,48)32(9-10-32)22-5-4-6-24(27(22)34)43(45)46/h19,21-31,36-40H,4-18H2,1-3H3,(H,35,44). The third-order valence-electron chi connectivity index (χ3n) is 12.1. The summed E-state index contributed by atoms with van der Waals surface area (Å²) in [5.41, 5.74) is 6.18. The number of sulfone groups is 1. The zero-order valence-corrected chi connectivity index (χ0v) is 31.5. The van der Waals surface area contributed by atoms with Crippen molar-refractivity contribution in [1.82, 2.24) is 41.9 Å². The van der Waals surface area contributed by atoms with Gasteiger partial charge in [0, 0.05) is 81.9 Å². The fourth-order valence-corrected chi connectivity index (χ4v) is 13.4. The smallest absolute Gasteiger partial charge is 0.244 e. The highest BCUT2D eigenvalue weighted by atomic mass is 32.2. The summed E-state index contributed by atoms with van der Waals surface area (Å²) in [6, 6.07) is -1.09. The number of alkyl halides is 2. The molecule has 3 saturated heterocycles. The molecule has 3 aliphatic carbocycles. The predicted octanol–water partition coefficient (Wildman–Crippen LogP) is 0.409. The van der Waals surface area contributed by atoms with E-state index in [1.807, 2.05) is 0 Å². The SMILES string of the molecule is COC1C(NC2CC(C)NN2)NC(SC2CCC(S(=O)(=O)C3(C4CCCC([N+](=O)[O-])C4F)CC3)CC2F)NC1N1CCN(CCNC(C)=O)CC1. The number of carbonyl (C=O) groups is 1. The van der Waals surface area contributed by atoms with E-state index in [1.54, 1.807) is 7.11 Å². The van der Waals surface area contributed by atoms with Crippen molar-refractivity contribution in [3.63, 3.8) is 0 Å². The molecular weight excluding hydrogens is 709 g/mol. The number of rotatable bonds is 13. The van der Waals surface area contributed by atoms with Gasteiger partial charge in [0.2, 0.25) is 11.9 Å². The quantitative estimate of drug-likeness (QED) is 0.112. The Labute approximate surface area is 304 Å². The Hall–Kier alpha value is -1.29. The van der Waals surface area contributed by atoms with E-state index in [9.17, 15) is 23.3 Å². The molecule has 3 aliphatic heterocycles. The van der Waals surface area contributed by atoms with Crippen molar-refractivity contribution < 1.29 is 31.7 Å². The maximum absolute atomic E-state index is 16.1. The van der Waals surface area contributed by atoms with Gasteiger partial charge in [-0.1, -0.05) is 0 Å². The van der Waals surface area contributed by atoms with Gasteiger partial charge in [0.05, 0.1) is 28.5 Å². The van der Waals surface area contributed by atoms with Gasteiger partial charge < -0.3 is 10.1 Å². The van der Waals surface area contributed by atoms with Crippen LogP contribution in [0.15, 0.2) is 0 Å². The van der Waals surface area contributed by atoms with Crippen LogP contribution in [0.4, 0.5) is 8.78 Å². The van der Waals surface area contributed by atoms with E-state index in [-0.39, 0.29) is 74.2 Å². The van der Waals surface area contributed by atoms with Gasteiger partial charge >= 0.3 is 0 Å². The molecule has 0 aromatic rings. The van der Waals surface area contributed by atoms with Crippen LogP contribution in [0.3, 0.4) is 0 Å². The number of nitrogens with one attached hydrogen (secondary N) is 6. The van der Waals surface area contributed by atoms with E-state index < -0.39 is 54.3 Å². The van der Waals surface area contributed by atoms with E-state index in [4.69, 9.17) is 4.74 Å². The lowest BCUT2D eigenvalue weighted by Gasteiger charge is -2.50. The summed E-state index contributed by atoms with van der Waals surface area (Å²) in [5, 5.41) is 23.9. The molecule has 6 rings (SSSR count). The van der Waals surface area contributed by atoms with Crippen LogP contribution >= 0.6 is 11.8 Å². The number of thioether (sulfide) groups is 1. The van der Waals surface area contributed by atoms with Crippen LogP contribution in [0, 0.1) is 16.0 Å².